The van der Waals surface area contributed by atoms with Crippen LogP contribution in [-0.4, -0.2) is 59.7 Å². The van der Waals surface area contributed by atoms with Crippen LogP contribution in [0.2, 0.25) is 0 Å². The molecule has 2 unspecified atom stereocenters. The summed E-state index contributed by atoms with van der Waals surface area (Å²) in [6.07, 6.45) is -2.45. The number of aliphatic carboxylic acids is 2. The van der Waals surface area contributed by atoms with Crippen molar-refractivity contribution in [3.05, 3.63) is 41.5 Å². The maximum absolute atomic E-state index is 10.6. The van der Waals surface area contributed by atoms with Gasteiger partial charge >= 0.3 is 24.3 Å². The van der Waals surface area contributed by atoms with Crippen molar-refractivity contribution in [3.63, 3.8) is 0 Å². The van der Waals surface area contributed by atoms with E-state index in [-0.39, 0.29) is 0 Å². The fourth-order valence-corrected chi connectivity index (χ4v) is 4.20. The Bertz CT molecular complexity index is 866. The molecular weight excluding hydrogens is 482 g/mol. The molecule has 2 saturated carbocycles. The van der Waals surface area contributed by atoms with Gasteiger partial charge in [0.05, 0.1) is 0 Å². The Labute approximate surface area is 198 Å². The average molecular weight is 510 g/mol. The second-order valence-electron chi connectivity index (χ2n) is 8.91. The Morgan fingerprint density at radius 3 is 1.89 bits per heavy atom. The van der Waals surface area contributed by atoms with Gasteiger partial charge in [-0.25, -0.2) is 9.59 Å². The third-order valence-electron chi connectivity index (χ3n) is 6.12. The minimum Gasteiger partial charge on any atom is -0.475 e. The van der Waals surface area contributed by atoms with Crippen molar-refractivity contribution < 1.29 is 46.1 Å². The zero-order chi connectivity index (χ0) is 26.4. The first-order valence-corrected chi connectivity index (χ1v) is 11.0. The van der Waals surface area contributed by atoms with Gasteiger partial charge in [-0.1, -0.05) is 48.9 Å². The van der Waals surface area contributed by atoms with Crippen LogP contribution in [0.4, 0.5) is 26.3 Å². The normalized spacial score (nSPS) is 23.0. The molecule has 0 radical (unpaired) electrons. The molecule has 6 nitrogen and oxygen atoms in total. The molecule has 0 amide bonds. The van der Waals surface area contributed by atoms with Crippen LogP contribution in [0, 0.1) is 11.3 Å². The number of halogens is 6. The first kappa shape index (κ1) is 28.6. The van der Waals surface area contributed by atoms with E-state index >= 15 is 0 Å². The van der Waals surface area contributed by atoms with E-state index in [0.717, 1.165) is 18.0 Å². The molecule has 4 N–H and O–H groups in total. The lowest BCUT2D eigenvalue weighted by atomic mass is 9.61. The van der Waals surface area contributed by atoms with Gasteiger partial charge in [-0.15, -0.1) is 0 Å². The van der Waals surface area contributed by atoms with Gasteiger partial charge in [0.1, 0.15) is 0 Å². The Kier molecular flexibility index (Phi) is 9.35. The molecule has 4 rings (SSSR count). The zero-order valence-corrected chi connectivity index (χ0v) is 18.9. The molecule has 196 valence electrons. The maximum atomic E-state index is 10.6. The van der Waals surface area contributed by atoms with Gasteiger partial charge in [0.15, 0.2) is 0 Å². The van der Waals surface area contributed by atoms with E-state index in [0.29, 0.717) is 5.41 Å². The van der Waals surface area contributed by atoms with E-state index in [1.165, 1.54) is 44.3 Å². The summed E-state index contributed by atoms with van der Waals surface area (Å²) in [6, 6.07) is 12.3. The van der Waals surface area contributed by atoms with Crippen molar-refractivity contribution in [1.82, 2.24) is 10.6 Å². The van der Waals surface area contributed by atoms with E-state index in [9.17, 15) is 26.3 Å². The van der Waals surface area contributed by atoms with Crippen molar-refractivity contribution >= 4 is 18.0 Å². The van der Waals surface area contributed by atoms with Crippen molar-refractivity contribution in [3.8, 4) is 0 Å². The molecular formula is C23H28F6N2O4. The van der Waals surface area contributed by atoms with Crippen molar-refractivity contribution in [2.24, 2.45) is 11.3 Å². The van der Waals surface area contributed by atoms with E-state index in [1.807, 2.05) is 0 Å². The molecule has 1 aromatic rings. The second-order valence-corrected chi connectivity index (χ2v) is 8.91. The minimum atomic E-state index is -5.08. The molecule has 2 aliphatic carbocycles. The number of rotatable bonds is 5. The highest BCUT2D eigenvalue weighted by molar-refractivity contribution is 5.73. The number of carbonyl (C=O) groups is 2. The van der Waals surface area contributed by atoms with Crippen LogP contribution < -0.4 is 10.6 Å². The summed E-state index contributed by atoms with van der Waals surface area (Å²) in [5.41, 5.74) is 3.66. The quantitative estimate of drug-likeness (QED) is 0.437. The largest absolute Gasteiger partial charge is 0.490 e. The van der Waals surface area contributed by atoms with Gasteiger partial charge in [-0.05, 0) is 42.6 Å². The highest BCUT2D eigenvalue weighted by atomic mass is 19.4. The van der Waals surface area contributed by atoms with E-state index < -0.39 is 24.3 Å². The molecule has 1 aromatic carbocycles. The Morgan fingerprint density at radius 2 is 1.51 bits per heavy atom. The summed E-state index contributed by atoms with van der Waals surface area (Å²) in [5.74, 6) is -4.73. The lowest BCUT2D eigenvalue weighted by Gasteiger charge is -2.54. The number of hydrogen-bond donors (Lipinski definition) is 4. The van der Waals surface area contributed by atoms with Crippen molar-refractivity contribution in [2.75, 3.05) is 13.1 Å². The van der Waals surface area contributed by atoms with Gasteiger partial charge in [-0.3, -0.25) is 0 Å². The summed E-state index contributed by atoms with van der Waals surface area (Å²) in [7, 11) is 0. The molecule has 3 fully saturated rings. The van der Waals surface area contributed by atoms with Crippen molar-refractivity contribution in [1.29, 1.82) is 0 Å². The molecule has 1 heterocycles. The monoisotopic (exact) mass is 510 g/mol. The van der Waals surface area contributed by atoms with Crippen LogP contribution in [-0.2, 0) is 9.59 Å². The molecule has 35 heavy (non-hydrogen) atoms. The Balaban J connectivity index is 0.000000257. The molecule has 1 saturated heterocycles. The van der Waals surface area contributed by atoms with Gasteiger partial charge in [-0.2, -0.15) is 26.3 Å². The summed E-state index contributed by atoms with van der Waals surface area (Å²) < 4.78 is 63.5. The van der Waals surface area contributed by atoms with Crippen LogP contribution in [0.25, 0.3) is 6.08 Å². The van der Waals surface area contributed by atoms with Gasteiger partial charge in [0.25, 0.3) is 0 Å². The second kappa shape index (κ2) is 11.4. The number of alkyl halides is 6. The molecule has 0 aromatic heterocycles. The topological polar surface area (TPSA) is 98.7 Å². The summed E-state index contributed by atoms with van der Waals surface area (Å²) in [5, 5.41) is 21.6. The van der Waals surface area contributed by atoms with Crippen LogP contribution in [0.3, 0.4) is 0 Å². The predicted octanol–water partition coefficient (Wildman–Crippen LogP) is 4.48. The number of hydrogen-bond acceptors (Lipinski definition) is 4. The van der Waals surface area contributed by atoms with Gasteiger partial charge < -0.3 is 20.8 Å². The molecule has 3 aliphatic rings. The lowest BCUT2D eigenvalue weighted by molar-refractivity contribution is -0.193. The number of benzene rings is 1. The first-order valence-electron chi connectivity index (χ1n) is 11.0. The van der Waals surface area contributed by atoms with Gasteiger partial charge in [0.2, 0.25) is 0 Å². The average Bonchev–Trinajstić information content (AvgIpc) is 3.46. The summed E-state index contributed by atoms with van der Waals surface area (Å²) in [6.45, 7) is 4.81. The van der Waals surface area contributed by atoms with Crippen LogP contribution in [0.15, 0.2) is 35.9 Å². The predicted molar refractivity (Wildman–Crippen MR) is 115 cm³/mol. The lowest BCUT2D eigenvalue weighted by Crippen LogP contribution is -2.64. The molecule has 1 aliphatic heterocycles. The highest BCUT2D eigenvalue weighted by Gasteiger charge is 2.51. The highest BCUT2D eigenvalue weighted by Crippen LogP contribution is 2.47. The van der Waals surface area contributed by atoms with E-state index in [1.54, 1.807) is 5.57 Å². The summed E-state index contributed by atoms with van der Waals surface area (Å²) in [4.78, 5) is 17.8. The summed E-state index contributed by atoms with van der Waals surface area (Å²) >= 11 is 0. The molecule has 1 spiro atoms. The van der Waals surface area contributed by atoms with Crippen molar-refractivity contribution in [2.45, 2.75) is 57.0 Å². The number of nitrogens with one attached hydrogen (secondary N) is 2. The standard InChI is InChI=1S/C19H26N2.2C2HF3O2/c1-2-15(8-14-6-4-3-5-7-14)17-9-18(17)21-16-10-19(11-16)12-20-13-19;2*3-2(4,5)1(6)7/h3-8,16-18,20-21H,2,9-13H2,1H3;2*(H,6,7)/b15-8+;;. The maximum Gasteiger partial charge on any atom is 0.490 e. The Morgan fingerprint density at radius 1 is 1.03 bits per heavy atom. The zero-order valence-electron chi connectivity index (χ0n) is 18.9. The smallest absolute Gasteiger partial charge is 0.475 e. The fourth-order valence-electron chi connectivity index (χ4n) is 4.20. The third-order valence-corrected chi connectivity index (χ3v) is 6.12. The SMILES string of the molecule is CC/C(=C\c1ccccc1)C1CC1NC1CC2(CNC2)C1.O=C(O)C(F)(F)F.O=C(O)C(F)(F)F. The van der Waals surface area contributed by atoms with Crippen LogP contribution in [0.1, 0.15) is 38.2 Å². The minimum absolute atomic E-state index is 0.690. The van der Waals surface area contributed by atoms with Gasteiger partial charge in [0, 0.05) is 25.2 Å². The first-order chi connectivity index (χ1) is 16.2. The number of carboxylic acid groups (broad SMARTS) is 2. The number of carboxylic acids is 2. The molecule has 2 atom stereocenters. The van der Waals surface area contributed by atoms with Crippen LogP contribution >= 0.6 is 0 Å². The van der Waals surface area contributed by atoms with E-state index in [4.69, 9.17) is 19.8 Å². The van der Waals surface area contributed by atoms with E-state index in [2.05, 4.69) is 54.0 Å². The third kappa shape index (κ3) is 8.84. The molecule has 12 heteroatoms. The fraction of sp³-hybridized carbons (Fsp3) is 0.565. The molecule has 0 bridgehead atoms. The Hall–Kier alpha value is -2.60. The van der Waals surface area contributed by atoms with Crippen LogP contribution in [0.5, 0.6) is 0 Å².